The largest absolute Gasteiger partial charge is 0.359 e. The van der Waals surface area contributed by atoms with Crippen LogP contribution in [0.2, 0.25) is 5.02 Å². The third-order valence-electron chi connectivity index (χ3n) is 5.11. The van der Waals surface area contributed by atoms with Gasteiger partial charge in [-0.25, -0.2) is 4.90 Å². The molecule has 0 unspecified atom stereocenters. The van der Waals surface area contributed by atoms with Gasteiger partial charge in [-0.15, -0.1) is 0 Å². The third-order valence-corrected chi connectivity index (χ3v) is 5.43. The molecule has 8 heteroatoms. The maximum absolute atomic E-state index is 12.9. The van der Waals surface area contributed by atoms with E-state index in [4.69, 9.17) is 16.3 Å². The third kappa shape index (κ3) is 1.71. The van der Waals surface area contributed by atoms with Crippen LogP contribution in [0, 0.1) is 22.0 Å². The van der Waals surface area contributed by atoms with Crippen molar-refractivity contribution in [2.75, 3.05) is 4.90 Å². The summed E-state index contributed by atoms with van der Waals surface area (Å²) in [6.45, 7) is 3.53. The predicted molar refractivity (Wildman–Crippen MR) is 84.6 cm³/mol. The van der Waals surface area contributed by atoms with E-state index in [-0.39, 0.29) is 16.4 Å². The highest BCUT2D eigenvalue weighted by Crippen LogP contribution is 2.57. The van der Waals surface area contributed by atoms with Crippen molar-refractivity contribution in [2.24, 2.45) is 11.8 Å². The Morgan fingerprint density at radius 2 is 1.71 bits per heavy atom. The number of imide groups is 1. The average molecular weight is 349 g/mol. The number of fused-ring (bicyclic) bond motifs is 5. The van der Waals surface area contributed by atoms with Crippen LogP contribution in [0.25, 0.3) is 0 Å². The van der Waals surface area contributed by atoms with Crippen LogP contribution in [0.3, 0.4) is 0 Å². The number of nitro groups is 1. The molecule has 124 valence electrons. The van der Waals surface area contributed by atoms with Crippen LogP contribution in [-0.4, -0.2) is 27.9 Å². The number of ether oxygens (including phenoxy) is 1. The molecule has 0 aromatic heterocycles. The number of amides is 2. The lowest BCUT2D eigenvalue weighted by Crippen LogP contribution is -2.39. The standard InChI is InChI=1S/C16H13ClN2O5/c1-15-5-6-16(2,24-15)12-11(15)13(20)18(14(12)21)10-7-8(19(22)23)3-4-9(10)17/h3-7,11-12H,1-2H3/t11-,12+,15-,16-/m1/s1. The van der Waals surface area contributed by atoms with Crippen molar-refractivity contribution < 1.29 is 19.2 Å². The highest BCUT2D eigenvalue weighted by molar-refractivity contribution is 6.36. The van der Waals surface area contributed by atoms with Crippen LogP contribution in [0.4, 0.5) is 11.4 Å². The molecule has 2 amide bonds. The fourth-order valence-electron chi connectivity index (χ4n) is 4.05. The fraction of sp³-hybridized carbons (Fsp3) is 0.375. The summed E-state index contributed by atoms with van der Waals surface area (Å²) in [5.74, 6) is -2.20. The molecule has 4 atom stereocenters. The lowest BCUT2D eigenvalue weighted by molar-refractivity contribution is -0.384. The molecule has 3 aliphatic rings. The molecule has 1 aromatic carbocycles. The van der Waals surface area contributed by atoms with Gasteiger partial charge in [0, 0.05) is 12.1 Å². The van der Waals surface area contributed by atoms with E-state index in [1.165, 1.54) is 12.1 Å². The quantitative estimate of drug-likeness (QED) is 0.354. The molecular formula is C16H13ClN2O5. The number of nitro benzene ring substituents is 1. The summed E-state index contributed by atoms with van der Waals surface area (Å²) in [6.07, 6.45) is 3.61. The molecule has 0 N–H and O–H groups in total. The van der Waals surface area contributed by atoms with Gasteiger partial charge in [-0.3, -0.25) is 19.7 Å². The summed E-state index contributed by atoms with van der Waals surface area (Å²) in [5, 5.41) is 11.1. The van der Waals surface area contributed by atoms with Crippen molar-refractivity contribution in [3.63, 3.8) is 0 Å². The van der Waals surface area contributed by atoms with Crippen LogP contribution >= 0.6 is 11.6 Å². The SMILES string of the molecule is C[C@]12C=C[C@@](C)(O1)[C@H]1C(=O)N(c3cc([N+](=O)[O-])ccc3Cl)C(=O)[C@H]12. The number of benzene rings is 1. The van der Waals surface area contributed by atoms with Gasteiger partial charge in [0.25, 0.3) is 5.69 Å². The molecule has 1 aromatic rings. The lowest BCUT2D eigenvalue weighted by Gasteiger charge is -2.25. The van der Waals surface area contributed by atoms with Crippen molar-refractivity contribution in [1.82, 2.24) is 0 Å². The second-order valence-electron chi connectivity index (χ2n) is 6.66. The molecule has 3 heterocycles. The van der Waals surface area contributed by atoms with Crippen molar-refractivity contribution in [1.29, 1.82) is 0 Å². The van der Waals surface area contributed by atoms with Crippen LogP contribution in [0.5, 0.6) is 0 Å². The van der Waals surface area contributed by atoms with Gasteiger partial charge in [-0.05, 0) is 19.9 Å². The van der Waals surface area contributed by atoms with Gasteiger partial charge in [0.1, 0.15) is 0 Å². The van der Waals surface area contributed by atoms with E-state index in [1.807, 2.05) is 0 Å². The Bertz CT molecular complexity index is 817. The first-order valence-electron chi connectivity index (χ1n) is 7.40. The molecule has 0 spiro atoms. The highest BCUT2D eigenvalue weighted by Gasteiger charge is 2.70. The zero-order chi connectivity index (χ0) is 17.4. The van der Waals surface area contributed by atoms with Crippen molar-refractivity contribution in [3.8, 4) is 0 Å². The van der Waals surface area contributed by atoms with Crippen molar-refractivity contribution >= 4 is 34.8 Å². The first-order valence-corrected chi connectivity index (χ1v) is 7.78. The van der Waals surface area contributed by atoms with E-state index >= 15 is 0 Å². The van der Waals surface area contributed by atoms with Crippen LogP contribution in [-0.2, 0) is 14.3 Å². The lowest BCUT2D eigenvalue weighted by atomic mass is 9.73. The minimum Gasteiger partial charge on any atom is -0.359 e. The Morgan fingerprint density at radius 1 is 1.17 bits per heavy atom. The second kappa shape index (κ2) is 4.43. The number of nitrogens with zero attached hydrogens (tertiary/aromatic N) is 2. The predicted octanol–water partition coefficient (Wildman–Crippen LogP) is 2.47. The summed E-state index contributed by atoms with van der Waals surface area (Å²) in [6, 6.07) is 3.70. The molecule has 2 bridgehead atoms. The molecule has 0 saturated carbocycles. The minimum atomic E-state index is -0.853. The van der Waals surface area contributed by atoms with Gasteiger partial charge in [0.15, 0.2) is 0 Å². The molecule has 7 nitrogen and oxygen atoms in total. The molecule has 2 fully saturated rings. The average Bonchev–Trinajstić information content (AvgIpc) is 3.05. The van der Waals surface area contributed by atoms with Gasteiger partial charge in [-0.2, -0.15) is 0 Å². The van der Waals surface area contributed by atoms with Gasteiger partial charge in [-0.1, -0.05) is 23.8 Å². The Kier molecular flexibility index (Phi) is 2.82. The number of carbonyl (C=O) groups excluding carboxylic acids is 2. The smallest absolute Gasteiger partial charge is 0.271 e. The second-order valence-corrected chi connectivity index (χ2v) is 7.07. The van der Waals surface area contributed by atoms with Gasteiger partial charge in [0.05, 0.1) is 38.7 Å². The van der Waals surface area contributed by atoms with Gasteiger partial charge >= 0.3 is 0 Å². The van der Waals surface area contributed by atoms with E-state index in [0.29, 0.717) is 0 Å². The topological polar surface area (TPSA) is 89.8 Å². The minimum absolute atomic E-state index is 0.0434. The number of anilines is 1. The van der Waals surface area contributed by atoms with Gasteiger partial charge in [0.2, 0.25) is 11.8 Å². The van der Waals surface area contributed by atoms with Crippen LogP contribution < -0.4 is 4.90 Å². The molecule has 2 saturated heterocycles. The van der Waals surface area contributed by atoms with Gasteiger partial charge < -0.3 is 4.74 Å². The molecular weight excluding hydrogens is 336 g/mol. The summed E-state index contributed by atoms with van der Waals surface area (Å²) in [5.41, 5.74) is -1.90. The molecule has 3 aliphatic heterocycles. The van der Waals surface area contributed by atoms with Crippen LogP contribution in [0.1, 0.15) is 13.8 Å². The summed E-state index contributed by atoms with van der Waals surface area (Å²) < 4.78 is 5.91. The van der Waals surface area contributed by atoms with Crippen molar-refractivity contribution in [2.45, 2.75) is 25.0 Å². The first kappa shape index (κ1) is 15.3. The number of hydrogen-bond acceptors (Lipinski definition) is 5. The molecule has 4 rings (SSSR count). The molecule has 0 aliphatic carbocycles. The Hall–Kier alpha value is -2.25. The zero-order valence-corrected chi connectivity index (χ0v) is 13.6. The first-order chi connectivity index (χ1) is 11.2. The summed E-state index contributed by atoms with van der Waals surface area (Å²) in [4.78, 5) is 37.2. The number of non-ortho nitro benzene ring substituents is 1. The normalized spacial score (nSPS) is 36.5. The molecule has 0 radical (unpaired) electrons. The highest BCUT2D eigenvalue weighted by atomic mass is 35.5. The van der Waals surface area contributed by atoms with Crippen LogP contribution in [0.15, 0.2) is 30.4 Å². The maximum Gasteiger partial charge on any atom is 0.271 e. The molecule has 24 heavy (non-hydrogen) atoms. The Morgan fingerprint density at radius 3 is 2.21 bits per heavy atom. The monoisotopic (exact) mass is 348 g/mol. The van der Waals surface area contributed by atoms with E-state index in [2.05, 4.69) is 0 Å². The summed E-state index contributed by atoms with van der Waals surface area (Å²) in [7, 11) is 0. The van der Waals surface area contributed by atoms with E-state index in [9.17, 15) is 19.7 Å². The number of rotatable bonds is 2. The van der Waals surface area contributed by atoms with E-state index < -0.39 is 39.8 Å². The number of carbonyl (C=O) groups is 2. The van der Waals surface area contributed by atoms with Crippen molar-refractivity contribution in [3.05, 3.63) is 45.5 Å². The van der Waals surface area contributed by atoms with E-state index in [1.54, 1.807) is 26.0 Å². The maximum atomic E-state index is 12.9. The Labute approximate surface area is 142 Å². The number of halogens is 1. The summed E-state index contributed by atoms with van der Waals surface area (Å²) >= 11 is 6.11. The fourth-order valence-corrected chi connectivity index (χ4v) is 4.26. The number of hydrogen-bond donors (Lipinski definition) is 0. The Balaban J connectivity index is 1.83. The van der Waals surface area contributed by atoms with E-state index in [0.717, 1.165) is 11.0 Å². The zero-order valence-electron chi connectivity index (χ0n) is 12.9.